The van der Waals surface area contributed by atoms with Gasteiger partial charge >= 0.3 is 0 Å². The van der Waals surface area contributed by atoms with Gasteiger partial charge in [-0.3, -0.25) is 9.82 Å². The molecule has 0 aliphatic rings. The Balaban J connectivity index is 2.45. The predicted molar refractivity (Wildman–Crippen MR) is 60.4 cm³/mol. The Bertz CT molecular complexity index is 728. The van der Waals surface area contributed by atoms with Crippen molar-refractivity contribution in [2.24, 2.45) is 0 Å². The number of nitrogens with zero attached hydrogens (tertiary/aromatic N) is 1. The van der Waals surface area contributed by atoms with Gasteiger partial charge < -0.3 is 0 Å². The number of aromatic amines is 1. The molecule has 0 bridgehead atoms. The van der Waals surface area contributed by atoms with Crippen molar-refractivity contribution in [1.82, 2.24) is 10.2 Å². The van der Waals surface area contributed by atoms with Crippen LogP contribution in [0.3, 0.4) is 0 Å². The van der Waals surface area contributed by atoms with Crippen LogP contribution in [-0.4, -0.2) is 18.6 Å². The molecule has 0 amide bonds. The molecule has 2 aromatic rings. The van der Waals surface area contributed by atoms with Crippen LogP contribution in [0, 0.1) is 24.4 Å². The highest BCUT2D eigenvalue weighted by atomic mass is 32.2. The third kappa shape index (κ3) is 2.55. The molecule has 0 aliphatic heterocycles. The summed E-state index contributed by atoms with van der Waals surface area (Å²) in [5, 5.41) is 5.89. The third-order valence-corrected chi connectivity index (χ3v) is 3.79. The number of sulfonamides is 1. The number of halogens is 3. The van der Waals surface area contributed by atoms with Crippen LogP contribution in [-0.2, 0) is 10.0 Å². The summed E-state index contributed by atoms with van der Waals surface area (Å²) in [5.74, 6) is -4.06. The average Bonchev–Trinajstić information content (AvgIpc) is 2.72. The van der Waals surface area contributed by atoms with Gasteiger partial charge in [0.15, 0.2) is 11.6 Å². The van der Waals surface area contributed by atoms with E-state index in [4.69, 9.17) is 0 Å². The lowest BCUT2D eigenvalue weighted by Gasteiger charge is -2.08. The Morgan fingerprint density at radius 2 is 1.95 bits per heavy atom. The molecule has 9 heteroatoms. The van der Waals surface area contributed by atoms with Crippen LogP contribution >= 0.6 is 0 Å². The molecule has 0 aliphatic carbocycles. The van der Waals surface area contributed by atoms with E-state index in [1.165, 1.54) is 6.92 Å². The highest BCUT2D eigenvalue weighted by Gasteiger charge is 2.22. The summed E-state index contributed by atoms with van der Waals surface area (Å²) >= 11 is 0. The minimum absolute atomic E-state index is 0.213. The SMILES string of the molecule is Cc1[nH]ncc1S(=O)(=O)Nc1cc(F)cc(F)c1F. The summed E-state index contributed by atoms with van der Waals surface area (Å²) in [5.41, 5.74) is -0.595. The van der Waals surface area contributed by atoms with Gasteiger partial charge in [-0.25, -0.2) is 21.6 Å². The lowest BCUT2D eigenvalue weighted by atomic mass is 10.3. The molecule has 0 fully saturated rings. The van der Waals surface area contributed by atoms with Crippen molar-refractivity contribution in [3.05, 3.63) is 41.5 Å². The Morgan fingerprint density at radius 3 is 2.53 bits per heavy atom. The minimum Gasteiger partial charge on any atom is -0.281 e. The molecule has 1 heterocycles. The molecule has 0 spiro atoms. The van der Waals surface area contributed by atoms with Gasteiger partial charge in [0, 0.05) is 12.1 Å². The Labute approximate surface area is 106 Å². The molecule has 102 valence electrons. The third-order valence-electron chi connectivity index (χ3n) is 2.31. The Morgan fingerprint density at radius 1 is 1.26 bits per heavy atom. The van der Waals surface area contributed by atoms with Gasteiger partial charge in [0.2, 0.25) is 0 Å². The fraction of sp³-hybridized carbons (Fsp3) is 0.100. The van der Waals surface area contributed by atoms with Gasteiger partial charge in [0.25, 0.3) is 10.0 Å². The van der Waals surface area contributed by atoms with E-state index in [1.807, 2.05) is 0 Å². The smallest absolute Gasteiger partial charge is 0.265 e. The molecular weight excluding hydrogens is 283 g/mol. The molecular formula is C10H8F3N3O2S. The fourth-order valence-electron chi connectivity index (χ4n) is 1.44. The first kappa shape index (κ1) is 13.4. The number of aromatic nitrogens is 2. The Hall–Kier alpha value is -2.03. The number of nitrogens with one attached hydrogen (secondary N) is 2. The second-order valence-electron chi connectivity index (χ2n) is 3.71. The van der Waals surface area contributed by atoms with Crippen LogP contribution in [0.4, 0.5) is 18.9 Å². The van der Waals surface area contributed by atoms with Crippen molar-refractivity contribution in [1.29, 1.82) is 0 Å². The number of H-pyrrole nitrogens is 1. The molecule has 0 atom stereocenters. The van der Waals surface area contributed by atoms with Crippen LogP contribution in [0.25, 0.3) is 0 Å². The maximum atomic E-state index is 13.4. The first-order valence-electron chi connectivity index (χ1n) is 4.98. The quantitative estimate of drug-likeness (QED) is 0.849. The summed E-state index contributed by atoms with van der Waals surface area (Å²) in [6, 6.07) is 0.863. The van der Waals surface area contributed by atoms with E-state index in [1.54, 1.807) is 4.72 Å². The normalized spacial score (nSPS) is 11.6. The molecule has 1 aromatic carbocycles. The number of aryl methyl sites for hydroxylation is 1. The van der Waals surface area contributed by atoms with E-state index in [0.717, 1.165) is 6.20 Å². The van der Waals surface area contributed by atoms with Crippen LogP contribution in [0.5, 0.6) is 0 Å². The number of benzene rings is 1. The monoisotopic (exact) mass is 291 g/mol. The molecule has 0 unspecified atom stereocenters. The van der Waals surface area contributed by atoms with E-state index in [9.17, 15) is 21.6 Å². The van der Waals surface area contributed by atoms with E-state index in [-0.39, 0.29) is 10.6 Å². The summed E-state index contributed by atoms with van der Waals surface area (Å²) < 4.78 is 64.8. The lowest BCUT2D eigenvalue weighted by Crippen LogP contribution is -2.15. The molecule has 1 aromatic heterocycles. The number of hydrogen-bond donors (Lipinski definition) is 2. The zero-order chi connectivity index (χ0) is 14.2. The fourth-order valence-corrected chi connectivity index (χ4v) is 2.63. The van der Waals surface area contributed by atoms with Crippen molar-refractivity contribution in [2.45, 2.75) is 11.8 Å². The second kappa shape index (κ2) is 4.57. The minimum atomic E-state index is -4.17. The van der Waals surface area contributed by atoms with Crippen molar-refractivity contribution in [3.8, 4) is 0 Å². The van der Waals surface area contributed by atoms with Crippen molar-refractivity contribution < 1.29 is 21.6 Å². The summed E-state index contributed by atoms with van der Waals surface area (Å²) in [4.78, 5) is -0.239. The zero-order valence-electron chi connectivity index (χ0n) is 9.54. The number of hydrogen-bond acceptors (Lipinski definition) is 3. The van der Waals surface area contributed by atoms with Gasteiger partial charge in [-0.15, -0.1) is 0 Å². The van der Waals surface area contributed by atoms with Gasteiger partial charge in [-0.1, -0.05) is 0 Å². The van der Waals surface area contributed by atoms with Crippen LogP contribution in [0.1, 0.15) is 5.69 Å². The number of anilines is 1. The van der Waals surface area contributed by atoms with E-state index >= 15 is 0 Å². The average molecular weight is 291 g/mol. The van der Waals surface area contributed by atoms with Crippen molar-refractivity contribution >= 4 is 15.7 Å². The maximum absolute atomic E-state index is 13.4. The van der Waals surface area contributed by atoms with Crippen molar-refractivity contribution in [3.63, 3.8) is 0 Å². The molecule has 0 radical (unpaired) electrons. The Kier molecular flexibility index (Phi) is 3.23. The molecule has 5 nitrogen and oxygen atoms in total. The van der Waals surface area contributed by atoms with Crippen LogP contribution in [0.15, 0.2) is 23.2 Å². The van der Waals surface area contributed by atoms with Gasteiger partial charge in [-0.2, -0.15) is 5.10 Å². The highest BCUT2D eigenvalue weighted by Crippen LogP contribution is 2.23. The molecule has 0 saturated carbocycles. The summed E-state index contributed by atoms with van der Waals surface area (Å²) in [6.45, 7) is 1.43. The standard InChI is InChI=1S/C10H8F3N3O2S/c1-5-9(4-14-15-5)19(17,18)16-8-3-6(11)2-7(12)10(8)13/h2-4,16H,1H3,(H,14,15). The summed E-state index contributed by atoms with van der Waals surface area (Å²) in [7, 11) is -4.17. The van der Waals surface area contributed by atoms with Crippen molar-refractivity contribution in [2.75, 3.05) is 4.72 Å². The largest absolute Gasteiger partial charge is 0.281 e. The topological polar surface area (TPSA) is 74.8 Å². The number of rotatable bonds is 3. The summed E-state index contributed by atoms with van der Waals surface area (Å²) in [6.07, 6.45) is 1.01. The molecule has 2 rings (SSSR count). The van der Waals surface area contributed by atoms with Crippen LogP contribution < -0.4 is 4.72 Å². The maximum Gasteiger partial charge on any atom is 0.265 e. The van der Waals surface area contributed by atoms with E-state index in [0.29, 0.717) is 12.1 Å². The lowest BCUT2D eigenvalue weighted by molar-refractivity contribution is 0.498. The van der Waals surface area contributed by atoms with Gasteiger partial charge in [-0.05, 0) is 6.92 Å². The first-order valence-corrected chi connectivity index (χ1v) is 6.47. The van der Waals surface area contributed by atoms with Gasteiger partial charge in [0.05, 0.1) is 17.6 Å². The predicted octanol–water partition coefficient (Wildman–Crippen LogP) is 1.94. The molecule has 0 saturated heterocycles. The second-order valence-corrected chi connectivity index (χ2v) is 5.36. The van der Waals surface area contributed by atoms with E-state index in [2.05, 4.69) is 10.2 Å². The molecule has 19 heavy (non-hydrogen) atoms. The van der Waals surface area contributed by atoms with Crippen LogP contribution in [0.2, 0.25) is 0 Å². The zero-order valence-corrected chi connectivity index (χ0v) is 10.4. The first-order chi connectivity index (χ1) is 8.81. The molecule has 2 N–H and O–H groups in total. The highest BCUT2D eigenvalue weighted by molar-refractivity contribution is 7.92. The van der Waals surface area contributed by atoms with Gasteiger partial charge in [0.1, 0.15) is 10.7 Å². The van der Waals surface area contributed by atoms with E-state index < -0.39 is 33.2 Å².